The number of hydrogen-bond acceptors (Lipinski definition) is 6. The number of nitrogens with zero attached hydrogens (tertiary/aromatic N) is 4. The van der Waals surface area contributed by atoms with Crippen LogP contribution in [0.5, 0.6) is 11.6 Å². The molecule has 3 heterocycles. The van der Waals surface area contributed by atoms with Crippen molar-refractivity contribution < 1.29 is 13.9 Å². The number of rotatable bonds is 5. The Morgan fingerprint density at radius 2 is 2.00 bits per heavy atom. The summed E-state index contributed by atoms with van der Waals surface area (Å²) < 4.78 is 13.8. The zero-order chi connectivity index (χ0) is 21.4. The first-order valence-electron chi connectivity index (χ1n) is 9.59. The Hall–Kier alpha value is -3.72. The fourth-order valence-corrected chi connectivity index (χ4v) is 3.60. The van der Waals surface area contributed by atoms with E-state index >= 15 is 0 Å². The largest absolute Gasteiger partial charge is 0.444 e. The predicted octanol–water partition coefficient (Wildman–Crippen LogP) is 5.24. The van der Waals surface area contributed by atoms with Crippen LogP contribution < -0.4 is 10.1 Å². The topological polar surface area (TPSA) is 94.6 Å². The second-order valence-electron chi connectivity index (χ2n) is 6.72. The number of aryl methyl sites for hydroxylation is 1. The summed E-state index contributed by atoms with van der Waals surface area (Å²) in [5, 5.41) is 11.4. The fourth-order valence-electron chi connectivity index (χ4n) is 3.29. The van der Waals surface area contributed by atoms with Crippen LogP contribution in [0.3, 0.4) is 0 Å². The van der Waals surface area contributed by atoms with Gasteiger partial charge in [0.1, 0.15) is 11.6 Å². The van der Waals surface area contributed by atoms with E-state index in [1.165, 1.54) is 0 Å². The van der Waals surface area contributed by atoms with Crippen molar-refractivity contribution in [2.75, 3.05) is 5.32 Å². The van der Waals surface area contributed by atoms with Gasteiger partial charge in [0.15, 0.2) is 10.4 Å². The molecule has 0 fully saturated rings. The average Bonchev–Trinajstić information content (AvgIpc) is 3.41. The van der Waals surface area contributed by atoms with Crippen LogP contribution >= 0.6 is 15.9 Å². The molecule has 0 aliphatic carbocycles. The average molecular weight is 478 g/mol. The molecule has 0 aliphatic heterocycles. The number of hydrogen-bond donors (Lipinski definition) is 1. The van der Waals surface area contributed by atoms with Gasteiger partial charge in [-0.2, -0.15) is 0 Å². The number of nitrogens with one attached hydrogen (secondary N) is 1. The van der Waals surface area contributed by atoms with Crippen LogP contribution in [-0.2, 0) is 6.42 Å². The lowest BCUT2D eigenvalue weighted by Gasteiger charge is -2.10. The second kappa shape index (κ2) is 7.84. The van der Waals surface area contributed by atoms with E-state index in [1.54, 1.807) is 36.4 Å². The molecule has 0 bridgehead atoms. The van der Waals surface area contributed by atoms with Gasteiger partial charge in [-0.3, -0.25) is 9.20 Å². The van der Waals surface area contributed by atoms with Crippen LogP contribution in [0.2, 0.25) is 0 Å². The highest BCUT2D eigenvalue weighted by Crippen LogP contribution is 2.29. The van der Waals surface area contributed by atoms with Crippen LogP contribution in [0, 0.1) is 0 Å². The Morgan fingerprint density at radius 1 is 1.13 bits per heavy atom. The molecular weight excluding hydrogens is 462 g/mol. The zero-order valence-corrected chi connectivity index (χ0v) is 18.0. The fraction of sp³-hybridized carbons (Fsp3) is 0.0909. The van der Waals surface area contributed by atoms with Crippen molar-refractivity contribution in [2.24, 2.45) is 0 Å². The Balaban J connectivity index is 1.49. The molecule has 0 radical (unpaired) electrons. The molecule has 0 aliphatic rings. The lowest BCUT2D eigenvalue weighted by atomic mass is 10.3. The van der Waals surface area contributed by atoms with E-state index in [0.717, 1.165) is 23.3 Å². The number of amides is 1. The van der Waals surface area contributed by atoms with Gasteiger partial charge in [-0.05, 0) is 52.3 Å². The summed E-state index contributed by atoms with van der Waals surface area (Å²) in [5.41, 5.74) is 2.78. The van der Waals surface area contributed by atoms with Crippen LogP contribution in [0.4, 0.5) is 5.69 Å². The quantitative estimate of drug-likeness (QED) is 0.371. The molecule has 0 saturated heterocycles. The van der Waals surface area contributed by atoms with Crippen molar-refractivity contribution in [3.8, 4) is 11.6 Å². The van der Waals surface area contributed by atoms with E-state index in [9.17, 15) is 4.79 Å². The van der Waals surface area contributed by atoms with Crippen molar-refractivity contribution >= 4 is 44.2 Å². The van der Waals surface area contributed by atoms with Crippen LogP contribution in [0.1, 0.15) is 23.3 Å². The second-order valence-corrected chi connectivity index (χ2v) is 7.50. The lowest BCUT2D eigenvalue weighted by molar-refractivity contribution is 0.0995. The van der Waals surface area contributed by atoms with Gasteiger partial charge in [0.05, 0.1) is 11.0 Å². The number of carbonyl (C=O) groups excluding carboxylic acids is 1. The van der Waals surface area contributed by atoms with Gasteiger partial charge in [-0.1, -0.05) is 25.1 Å². The molecule has 0 saturated carbocycles. The minimum Gasteiger partial charge on any atom is -0.444 e. The van der Waals surface area contributed by atoms with Gasteiger partial charge in [-0.15, -0.1) is 10.2 Å². The third-order valence-electron chi connectivity index (χ3n) is 4.69. The van der Waals surface area contributed by atoms with E-state index in [1.807, 2.05) is 35.6 Å². The number of furan rings is 1. The maximum absolute atomic E-state index is 12.4. The summed E-state index contributed by atoms with van der Waals surface area (Å²) >= 11 is 3.19. The van der Waals surface area contributed by atoms with Crippen molar-refractivity contribution in [1.29, 1.82) is 0 Å². The third-order valence-corrected chi connectivity index (χ3v) is 5.11. The molecule has 154 valence electrons. The highest BCUT2D eigenvalue weighted by Gasteiger charge is 2.16. The molecule has 3 aromatic heterocycles. The predicted molar refractivity (Wildman–Crippen MR) is 119 cm³/mol. The Kier molecular flexibility index (Phi) is 4.87. The monoisotopic (exact) mass is 477 g/mol. The SMILES string of the molecule is CCc1nnc2c(Oc3cccc(NC(=O)c4ccc(Br)o4)c3)nc3ccccc3n12. The maximum atomic E-state index is 12.4. The van der Waals surface area contributed by atoms with Crippen molar-refractivity contribution in [2.45, 2.75) is 13.3 Å². The normalized spacial score (nSPS) is 11.2. The first kappa shape index (κ1) is 19.3. The smallest absolute Gasteiger partial charge is 0.291 e. The Labute approximate surface area is 185 Å². The van der Waals surface area contributed by atoms with Crippen LogP contribution in [-0.4, -0.2) is 25.5 Å². The molecule has 1 amide bonds. The number of para-hydroxylation sites is 2. The van der Waals surface area contributed by atoms with E-state index in [0.29, 0.717) is 27.6 Å². The van der Waals surface area contributed by atoms with E-state index in [4.69, 9.17) is 9.15 Å². The molecule has 31 heavy (non-hydrogen) atoms. The van der Waals surface area contributed by atoms with Gasteiger partial charge in [-0.25, -0.2) is 4.98 Å². The first-order valence-corrected chi connectivity index (χ1v) is 10.4. The number of carbonyl (C=O) groups is 1. The molecule has 5 aromatic rings. The molecule has 5 rings (SSSR count). The Morgan fingerprint density at radius 3 is 2.81 bits per heavy atom. The van der Waals surface area contributed by atoms with Crippen molar-refractivity contribution in [3.05, 3.63) is 76.9 Å². The van der Waals surface area contributed by atoms with Gasteiger partial charge in [0.25, 0.3) is 11.8 Å². The van der Waals surface area contributed by atoms with Gasteiger partial charge in [0, 0.05) is 18.2 Å². The standard InChI is InChI=1S/C22H16BrN5O3/c1-2-19-26-27-20-22(25-15-8-3-4-9-16(15)28(19)20)30-14-7-5-6-13(12-14)24-21(29)17-10-11-18(23)31-17/h3-12H,2H2,1H3,(H,24,29). The molecular formula is C22H16BrN5O3. The van der Waals surface area contributed by atoms with Crippen molar-refractivity contribution in [3.63, 3.8) is 0 Å². The summed E-state index contributed by atoms with van der Waals surface area (Å²) in [7, 11) is 0. The summed E-state index contributed by atoms with van der Waals surface area (Å²) in [6.45, 7) is 2.02. The number of fused-ring (bicyclic) bond motifs is 3. The lowest BCUT2D eigenvalue weighted by Crippen LogP contribution is -2.10. The number of benzene rings is 2. The number of halogens is 1. The molecule has 2 aromatic carbocycles. The molecule has 8 nitrogen and oxygen atoms in total. The van der Waals surface area contributed by atoms with Gasteiger partial charge in [0.2, 0.25) is 5.65 Å². The number of aromatic nitrogens is 4. The zero-order valence-electron chi connectivity index (χ0n) is 16.4. The Bertz CT molecular complexity index is 1430. The van der Waals surface area contributed by atoms with Crippen LogP contribution in [0.25, 0.3) is 16.7 Å². The number of ether oxygens (including phenoxy) is 1. The van der Waals surface area contributed by atoms with E-state index in [-0.39, 0.29) is 11.7 Å². The van der Waals surface area contributed by atoms with E-state index < -0.39 is 0 Å². The summed E-state index contributed by atoms with van der Waals surface area (Å²) in [4.78, 5) is 17.0. The summed E-state index contributed by atoms with van der Waals surface area (Å²) in [6, 6.07) is 18.0. The number of anilines is 1. The van der Waals surface area contributed by atoms with Gasteiger partial charge < -0.3 is 14.5 Å². The van der Waals surface area contributed by atoms with Gasteiger partial charge >= 0.3 is 0 Å². The van der Waals surface area contributed by atoms with Crippen LogP contribution in [0.15, 0.2) is 69.8 Å². The summed E-state index contributed by atoms with van der Waals surface area (Å²) in [6.07, 6.45) is 0.721. The molecule has 0 spiro atoms. The van der Waals surface area contributed by atoms with Crippen molar-refractivity contribution in [1.82, 2.24) is 19.6 Å². The minimum atomic E-state index is -0.362. The highest BCUT2D eigenvalue weighted by atomic mass is 79.9. The highest BCUT2D eigenvalue weighted by molar-refractivity contribution is 9.10. The molecule has 1 N–H and O–H groups in total. The third kappa shape index (κ3) is 3.64. The summed E-state index contributed by atoms with van der Waals surface area (Å²) in [5.74, 6) is 1.50. The molecule has 9 heteroatoms. The molecule has 0 atom stereocenters. The first-order chi connectivity index (χ1) is 15.1. The minimum absolute atomic E-state index is 0.201. The maximum Gasteiger partial charge on any atom is 0.291 e. The molecule has 0 unspecified atom stereocenters. The van der Waals surface area contributed by atoms with E-state index in [2.05, 4.69) is 36.4 Å².